The molecule has 154 valence electrons. The molecule has 0 aromatic carbocycles. The van der Waals surface area contributed by atoms with Gasteiger partial charge in [0.25, 0.3) is 5.56 Å². The number of β-amino-alcohol motifs (C(OH)–C–C–N with tert-alkyl or cyclic N) is 1. The number of amides is 1. The van der Waals surface area contributed by atoms with Crippen LogP contribution in [0.4, 0.5) is 0 Å². The Balaban J connectivity index is 1.29. The van der Waals surface area contributed by atoms with Crippen molar-refractivity contribution in [2.24, 2.45) is 5.92 Å². The third kappa shape index (κ3) is 4.63. The lowest BCUT2D eigenvalue weighted by molar-refractivity contribution is -0.137. The first kappa shape index (κ1) is 19.6. The zero-order valence-electron chi connectivity index (χ0n) is 16.8. The number of carbonyl (C=O) groups is 1. The molecule has 1 N–H and O–H groups in total. The van der Waals surface area contributed by atoms with Crippen molar-refractivity contribution in [2.45, 2.75) is 63.5 Å². The van der Waals surface area contributed by atoms with E-state index in [0.29, 0.717) is 31.5 Å². The molecule has 2 aliphatic heterocycles. The number of carbonyl (C=O) groups excluding carboxylic acids is 1. The van der Waals surface area contributed by atoms with E-state index in [4.69, 9.17) is 0 Å². The molecule has 1 aliphatic carbocycles. The van der Waals surface area contributed by atoms with Crippen molar-refractivity contribution in [3.8, 4) is 0 Å². The Hall–Kier alpha value is -1.73. The van der Waals surface area contributed by atoms with Gasteiger partial charge >= 0.3 is 0 Å². The van der Waals surface area contributed by atoms with Crippen LogP contribution >= 0.6 is 0 Å². The molecule has 0 bridgehead atoms. The molecule has 3 fully saturated rings. The van der Waals surface area contributed by atoms with Gasteiger partial charge in [-0.1, -0.05) is 0 Å². The molecule has 2 saturated heterocycles. The molecule has 7 heteroatoms. The molecule has 3 aliphatic rings. The van der Waals surface area contributed by atoms with E-state index < -0.39 is 5.60 Å². The number of rotatable bonds is 5. The summed E-state index contributed by atoms with van der Waals surface area (Å²) in [6.45, 7) is 5.92. The summed E-state index contributed by atoms with van der Waals surface area (Å²) in [4.78, 5) is 27.9. The van der Waals surface area contributed by atoms with Gasteiger partial charge in [0.1, 0.15) is 0 Å². The fourth-order valence-corrected chi connectivity index (χ4v) is 4.69. The van der Waals surface area contributed by atoms with Crippen molar-refractivity contribution < 1.29 is 9.90 Å². The Kier molecular flexibility index (Phi) is 5.56. The van der Waals surface area contributed by atoms with Gasteiger partial charge in [0, 0.05) is 38.5 Å². The second-order valence-corrected chi connectivity index (χ2v) is 9.04. The maximum atomic E-state index is 12.2. The van der Waals surface area contributed by atoms with Crippen LogP contribution in [0.1, 0.15) is 57.1 Å². The standard InChI is InChI=1S/C21H32N4O3/c1-16(26)24-10-2-9-21(28,15-24)14-23-11-7-17(8-12-23)13-25-20(27)6-5-19(22-25)18-3-4-18/h5-6,17-18,28H,2-4,7-15H2,1H3. The van der Waals surface area contributed by atoms with Crippen molar-refractivity contribution in [2.75, 3.05) is 32.7 Å². The average Bonchev–Trinajstić information content (AvgIpc) is 3.50. The van der Waals surface area contributed by atoms with Crippen LogP contribution in [0.25, 0.3) is 0 Å². The van der Waals surface area contributed by atoms with Gasteiger partial charge in [0.2, 0.25) is 5.91 Å². The second kappa shape index (κ2) is 7.95. The molecule has 1 saturated carbocycles. The van der Waals surface area contributed by atoms with E-state index in [1.165, 1.54) is 12.8 Å². The summed E-state index contributed by atoms with van der Waals surface area (Å²) in [6, 6.07) is 3.55. The smallest absolute Gasteiger partial charge is 0.266 e. The van der Waals surface area contributed by atoms with Crippen LogP contribution in [0.3, 0.4) is 0 Å². The third-order valence-corrected chi connectivity index (χ3v) is 6.54. The Labute approximate surface area is 166 Å². The first-order valence-corrected chi connectivity index (χ1v) is 10.7. The molecule has 1 aromatic rings. The number of likely N-dealkylation sites (tertiary alicyclic amines) is 2. The van der Waals surface area contributed by atoms with Gasteiger partial charge in [-0.05, 0) is 63.6 Å². The van der Waals surface area contributed by atoms with E-state index in [-0.39, 0.29) is 11.5 Å². The molecule has 3 heterocycles. The molecule has 1 amide bonds. The lowest BCUT2D eigenvalue weighted by Gasteiger charge is -2.43. The number of aromatic nitrogens is 2. The van der Waals surface area contributed by atoms with E-state index in [1.807, 2.05) is 6.07 Å². The molecule has 1 unspecified atom stereocenters. The van der Waals surface area contributed by atoms with Gasteiger partial charge < -0.3 is 14.9 Å². The first-order valence-electron chi connectivity index (χ1n) is 10.7. The zero-order chi connectivity index (χ0) is 19.7. The summed E-state index contributed by atoms with van der Waals surface area (Å²) in [7, 11) is 0. The first-order chi connectivity index (χ1) is 13.4. The second-order valence-electron chi connectivity index (χ2n) is 9.04. The monoisotopic (exact) mass is 388 g/mol. The van der Waals surface area contributed by atoms with Gasteiger partial charge in [-0.15, -0.1) is 0 Å². The zero-order valence-corrected chi connectivity index (χ0v) is 16.8. The molecule has 0 radical (unpaired) electrons. The normalized spacial score (nSPS) is 27.1. The Bertz CT molecular complexity index is 767. The number of hydrogen-bond acceptors (Lipinski definition) is 5. The van der Waals surface area contributed by atoms with E-state index in [9.17, 15) is 14.7 Å². The van der Waals surface area contributed by atoms with Crippen LogP contribution in [0.5, 0.6) is 0 Å². The molecule has 7 nitrogen and oxygen atoms in total. The van der Waals surface area contributed by atoms with Crippen molar-refractivity contribution in [3.63, 3.8) is 0 Å². The maximum absolute atomic E-state index is 12.2. The molecule has 0 spiro atoms. The maximum Gasteiger partial charge on any atom is 0.266 e. The van der Waals surface area contributed by atoms with Gasteiger partial charge in [0.05, 0.1) is 17.8 Å². The van der Waals surface area contributed by atoms with Crippen molar-refractivity contribution in [3.05, 3.63) is 28.2 Å². The van der Waals surface area contributed by atoms with Crippen molar-refractivity contribution >= 4 is 5.91 Å². The van der Waals surface area contributed by atoms with Crippen LogP contribution in [-0.2, 0) is 11.3 Å². The van der Waals surface area contributed by atoms with E-state index in [2.05, 4.69) is 10.00 Å². The SMILES string of the molecule is CC(=O)N1CCCC(O)(CN2CCC(Cn3nc(C4CC4)ccc3=O)CC2)C1. The number of aliphatic hydroxyl groups is 1. The largest absolute Gasteiger partial charge is 0.387 e. The molecule has 28 heavy (non-hydrogen) atoms. The highest BCUT2D eigenvalue weighted by atomic mass is 16.3. The van der Waals surface area contributed by atoms with E-state index >= 15 is 0 Å². The van der Waals surface area contributed by atoms with Gasteiger partial charge in [-0.25, -0.2) is 4.68 Å². The predicted octanol–water partition coefficient (Wildman–Crippen LogP) is 1.21. The van der Waals surface area contributed by atoms with Gasteiger partial charge in [-0.3, -0.25) is 9.59 Å². The minimum atomic E-state index is -0.798. The summed E-state index contributed by atoms with van der Waals surface area (Å²) >= 11 is 0. The van der Waals surface area contributed by atoms with Gasteiger partial charge in [0.15, 0.2) is 0 Å². The predicted molar refractivity (Wildman–Crippen MR) is 106 cm³/mol. The van der Waals surface area contributed by atoms with E-state index in [1.54, 1.807) is 22.6 Å². The number of piperidine rings is 2. The fraction of sp³-hybridized carbons (Fsp3) is 0.762. The summed E-state index contributed by atoms with van der Waals surface area (Å²) in [5.74, 6) is 1.05. The van der Waals surface area contributed by atoms with Crippen LogP contribution in [0, 0.1) is 5.92 Å². The summed E-state index contributed by atoms with van der Waals surface area (Å²) in [5.41, 5.74) is 0.257. The van der Waals surface area contributed by atoms with E-state index in [0.717, 1.165) is 51.0 Å². The lowest BCUT2D eigenvalue weighted by Crippen LogP contribution is -2.56. The average molecular weight is 389 g/mol. The van der Waals surface area contributed by atoms with Crippen molar-refractivity contribution in [1.29, 1.82) is 0 Å². The minimum absolute atomic E-state index is 0.00679. The topological polar surface area (TPSA) is 78.7 Å². The summed E-state index contributed by atoms with van der Waals surface area (Å²) < 4.78 is 1.66. The Morgan fingerprint density at radius 2 is 1.96 bits per heavy atom. The quantitative estimate of drug-likeness (QED) is 0.820. The molecule has 1 atom stereocenters. The van der Waals surface area contributed by atoms with Crippen LogP contribution in [0.15, 0.2) is 16.9 Å². The molecule has 4 rings (SSSR count). The fourth-order valence-electron chi connectivity index (χ4n) is 4.69. The Morgan fingerprint density at radius 3 is 2.64 bits per heavy atom. The van der Waals surface area contributed by atoms with Crippen LogP contribution in [0.2, 0.25) is 0 Å². The van der Waals surface area contributed by atoms with Crippen LogP contribution < -0.4 is 5.56 Å². The highest BCUT2D eigenvalue weighted by Gasteiger charge is 2.36. The lowest BCUT2D eigenvalue weighted by atomic mass is 9.90. The third-order valence-electron chi connectivity index (χ3n) is 6.54. The minimum Gasteiger partial charge on any atom is -0.387 e. The highest BCUT2D eigenvalue weighted by Crippen LogP contribution is 2.38. The van der Waals surface area contributed by atoms with Gasteiger partial charge in [-0.2, -0.15) is 5.10 Å². The number of nitrogens with zero attached hydrogens (tertiary/aromatic N) is 4. The Morgan fingerprint density at radius 1 is 1.21 bits per heavy atom. The van der Waals surface area contributed by atoms with Crippen molar-refractivity contribution in [1.82, 2.24) is 19.6 Å². The summed E-state index contributed by atoms with van der Waals surface area (Å²) in [5, 5.41) is 15.6. The van der Waals surface area contributed by atoms with Crippen LogP contribution in [-0.4, -0.2) is 68.9 Å². The molecular weight excluding hydrogens is 356 g/mol. The molecular formula is C21H32N4O3. The number of hydrogen-bond donors (Lipinski definition) is 1. The molecule has 1 aromatic heterocycles. The highest BCUT2D eigenvalue weighted by molar-refractivity contribution is 5.73. The summed E-state index contributed by atoms with van der Waals surface area (Å²) in [6.07, 6.45) is 6.01.